The monoisotopic (exact) mass is 285 g/mol. The molecule has 1 fully saturated rings. The molecule has 6 nitrogen and oxygen atoms in total. The number of hydrogen-bond donors (Lipinski definition) is 1. The summed E-state index contributed by atoms with van der Waals surface area (Å²) in [5.74, 6) is -0.720. The quantitative estimate of drug-likeness (QED) is 0.896. The molecule has 1 amide bonds. The molecule has 0 bridgehead atoms. The van der Waals surface area contributed by atoms with E-state index in [1.165, 1.54) is 23.3 Å². The van der Waals surface area contributed by atoms with Gasteiger partial charge in [-0.1, -0.05) is 0 Å². The van der Waals surface area contributed by atoms with Crippen LogP contribution in [0.1, 0.15) is 14.5 Å². The van der Waals surface area contributed by atoms with Crippen molar-refractivity contribution in [3.05, 3.63) is 15.8 Å². The predicted octanol–water partition coefficient (Wildman–Crippen LogP) is 0.991. The van der Waals surface area contributed by atoms with Crippen LogP contribution >= 0.6 is 11.3 Å². The van der Waals surface area contributed by atoms with E-state index in [4.69, 9.17) is 14.6 Å². The highest BCUT2D eigenvalue weighted by Crippen LogP contribution is 2.30. The van der Waals surface area contributed by atoms with Crippen molar-refractivity contribution >= 4 is 23.2 Å². The van der Waals surface area contributed by atoms with Crippen molar-refractivity contribution in [2.45, 2.75) is 13.0 Å². The van der Waals surface area contributed by atoms with E-state index >= 15 is 0 Å². The van der Waals surface area contributed by atoms with Crippen LogP contribution in [0.2, 0.25) is 0 Å². The maximum absolute atomic E-state index is 12.4. The molecule has 0 radical (unpaired) electrons. The zero-order valence-corrected chi connectivity index (χ0v) is 11.5. The molecule has 2 heterocycles. The van der Waals surface area contributed by atoms with Crippen LogP contribution in [0.25, 0.3) is 0 Å². The van der Waals surface area contributed by atoms with E-state index in [2.05, 4.69) is 0 Å². The number of carbonyl (C=O) groups excluding carboxylic acids is 1. The average molecular weight is 285 g/mol. The van der Waals surface area contributed by atoms with Gasteiger partial charge in [0, 0.05) is 11.4 Å². The van der Waals surface area contributed by atoms with Gasteiger partial charge in [0.05, 0.1) is 20.3 Å². The van der Waals surface area contributed by atoms with Crippen molar-refractivity contribution in [3.63, 3.8) is 0 Å². The third kappa shape index (κ3) is 2.87. The molecule has 1 aromatic rings. The fraction of sp³-hybridized carbons (Fsp3) is 0.500. The van der Waals surface area contributed by atoms with Crippen LogP contribution < -0.4 is 4.74 Å². The molecular weight excluding hydrogens is 270 g/mol. The van der Waals surface area contributed by atoms with Gasteiger partial charge in [-0.2, -0.15) is 0 Å². The molecule has 1 aliphatic heterocycles. The van der Waals surface area contributed by atoms with Gasteiger partial charge in [0.2, 0.25) is 0 Å². The van der Waals surface area contributed by atoms with Crippen molar-refractivity contribution in [3.8, 4) is 5.75 Å². The normalized spacial score (nSPS) is 19.3. The number of methoxy groups -OCH3 is 1. The Balaban J connectivity index is 2.16. The van der Waals surface area contributed by atoms with Crippen molar-refractivity contribution < 1.29 is 24.2 Å². The van der Waals surface area contributed by atoms with E-state index < -0.39 is 12.1 Å². The summed E-state index contributed by atoms with van der Waals surface area (Å²) in [5, 5.41) is 8.93. The molecule has 0 saturated carbocycles. The molecule has 7 heteroatoms. The lowest BCUT2D eigenvalue weighted by Gasteiger charge is -2.30. The molecule has 2 rings (SSSR count). The maximum Gasteiger partial charge on any atom is 0.334 e. The molecule has 0 aromatic carbocycles. The predicted molar refractivity (Wildman–Crippen MR) is 68.9 cm³/mol. The first-order valence-electron chi connectivity index (χ1n) is 5.81. The van der Waals surface area contributed by atoms with Gasteiger partial charge in [0.15, 0.2) is 6.10 Å². The summed E-state index contributed by atoms with van der Waals surface area (Å²) in [5.41, 5.74) is 0. The van der Waals surface area contributed by atoms with E-state index in [1.807, 2.05) is 6.92 Å². The number of carbonyl (C=O) groups is 2. The van der Waals surface area contributed by atoms with Gasteiger partial charge in [0.1, 0.15) is 10.6 Å². The second-order valence-corrected chi connectivity index (χ2v) is 5.46. The smallest absolute Gasteiger partial charge is 0.334 e. The fourth-order valence-electron chi connectivity index (χ4n) is 1.92. The van der Waals surface area contributed by atoms with Crippen LogP contribution in [0.3, 0.4) is 0 Å². The van der Waals surface area contributed by atoms with Gasteiger partial charge < -0.3 is 19.5 Å². The first-order valence-corrected chi connectivity index (χ1v) is 6.62. The van der Waals surface area contributed by atoms with Gasteiger partial charge in [0.25, 0.3) is 5.91 Å². The molecule has 1 aliphatic rings. The standard InChI is InChI=1S/C12H15NO5S/c1-7-5-8(17-2)10(19-7)11(14)13-3-4-18-9(6-13)12(15)16/h5,9H,3-4,6H2,1-2H3,(H,15,16). The van der Waals surface area contributed by atoms with E-state index in [9.17, 15) is 9.59 Å². The number of ether oxygens (including phenoxy) is 2. The molecule has 19 heavy (non-hydrogen) atoms. The average Bonchev–Trinajstić information content (AvgIpc) is 2.79. The molecule has 1 atom stereocenters. The first-order chi connectivity index (χ1) is 9.02. The molecule has 1 N–H and O–H groups in total. The number of amides is 1. The lowest BCUT2D eigenvalue weighted by molar-refractivity contribution is -0.154. The Hall–Kier alpha value is -1.60. The Kier molecular flexibility index (Phi) is 4.06. The number of carboxylic acid groups (broad SMARTS) is 1. The number of hydrogen-bond acceptors (Lipinski definition) is 5. The maximum atomic E-state index is 12.4. The van der Waals surface area contributed by atoms with Crippen molar-refractivity contribution in [2.75, 3.05) is 26.8 Å². The lowest BCUT2D eigenvalue weighted by atomic mass is 10.2. The summed E-state index contributed by atoms with van der Waals surface area (Å²) in [7, 11) is 1.51. The Morgan fingerprint density at radius 1 is 1.58 bits per heavy atom. The largest absolute Gasteiger partial charge is 0.495 e. The summed E-state index contributed by atoms with van der Waals surface area (Å²) in [6, 6.07) is 1.80. The Labute approximate surface area is 114 Å². The van der Waals surface area contributed by atoms with Crippen LogP contribution in [0, 0.1) is 6.92 Å². The third-order valence-corrected chi connectivity index (χ3v) is 3.88. The summed E-state index contributed by atoms with van der Waals surface area (Å²) in [6.07, 6.45) is -0.954. The molecule has 1 unspecified atom stereocenters. The van der Waals surface area contributed by atoms with Crippen molar-refractivity contribution in [1.29, 1.82) is 0 Å². The van der Waals surface area contributed by atoms with Gasteiger partial charge in [-0.3, -0.25) is 4.79 Å². The van der Waals surface area contributed by atoms with Crippen molar-refractivity contribution in [2.24, 2.45) is 0 Å². The second kappa shape index (κ2) is 5.58. The number of nitrogens with zero attached hydrogens (tertiary/aromatic N) is 1. The minimum Gasteiger partial charge on any atom is -0.495 e. The molecule has 0 spiro atoms. The van der Waals surface area contributed by atoms with Gasteiger partial charge in [-0.15, -0.1) is 11.3 Å². The zero-order chi connectivity index (χ0) is 14.0. The van der Waals surface area contributed by atoms with Crippen LogP contribution in [-0.4, -0.2) is 54.8 Å². The second-order valence-electron chi connectivity index (χ2n) is 4.20. The SMILES string of the molecule is COc1cc(C)sc1C(=O)N1CCOC(C(=O)O)C1. The molecular formula is C12H15NO5S. The number of aliphatic carboxylic acids is 1. The van der Waals surface area contributed by atoms with Gasteiger partial charge >= 0.3 is 5.97 Å². The van der Waals surface area contributed by atoms with E-state index in [1.54, 1.807) is 6.07 Å². The van der Waals surface area contributed by atoms with Crippen LogP contribution in [0.15, 0.2) is 6.07 Å². The minimum atomic E-state index is -1.05. The molecule has 0 aliphatic carbocycles. The highest BCUT2D eigenvalue weighted by molar-refractivity contribution is 7.14. The summed E-state index contributed by atoms with van der Waals surface area (Å²) < 4.78 is 10.3. The lowest BCUT2D eigenvalue weighted by Crippen LogP contribution is -2.48. The summed E-state index contributed by atoms with van der Waals surface area (Å²) in [6.45, 7) is 2.58. The Bertz CT molecular complexity index is 498. The number of aryl methyl sites for hydroxylation is 1. The zero-order valence-electron chi connectivity index (χ0n) is 10.7. The number of morpholine rings is 1. The topological polar surface area (TPSA) is 76.1 Å². The summed E-state index contributed by atoms with van der Waals surface area (Å²) in [4.78, 5) is 26.2. The first kappa shape index (κ1) is 13.8. The van der Waals surface area contributed by atoms with Crippen LogP contribution in [0.5, 0.6) is 5.75 Å². The highest BCUT2D eigenvalue weighted by atomic mass is 32.1. The molecule has 1 saturated heterocycles. The number of carboxylic acids is 1. The number of rotatable bonds is 3. The number of thiophene rings is 1. The van der Waals surface area contributed by atoms with E-state index in [-0.39, 0.29) is 19.1 Å². The van der Waals surface area contributed by atoms with Crippen molar-refractivity contribution in [1.82, 2.24) is 4.90 Å². The Morgan fingerprint density at radius 3 is 2.95 bits per heavy atom. The third-order valence-electron chi connectivity index (χ3n) is 2.86. The van der Waals surface area contributed by atoms with Gasteiger partial charge in [-0.25, -0.2) is 4.79 Å². The van der Waals surface area contributed by atoms with Crippen LogP contribution in [-0.2, 0) is 9.53 Å². The molecule has 104 valence electrons. The highest BCUT2D eigenvalue weighted by Gasteiger charge is 2.31. The van der Waals surface area contributed by atoms with E-state index in [0.29, 0.717) is 17.2 Å². The fourth-order valence-corrected chi connectivity index (χ4v) is 2.87. The van der Waals surface area contributed by atoms with Gasteiger partial charge in [-0.05, 0) is 13.0 Å². The molecule has 1 aromatic heterocycles. The minimum absolute atomic E-state index is 0.0638. The van der Waals surface area contributed by atoms with E-state index in [0.717, 1.165) is 4.88 Å². The Morgan fingerprint density at radius 2 is 2.32 bits per heavy atom. The van der Waals surface area contributed by atoms with Crippen LogP contribution in [0.4, 0.5) is 0 Å². The summed E-state index contributed by atoms with van der Waals surface area (Å²) >= 11 is 1.35.